The van der Waals surface area contributed by atoms with Crippen molar-refractivity contribution in [3.63, 3.8) is 0 Å². The van der Waals surface area contributed by atoms with Crippen molar-refractivity contribution in [3.05, 3.63) is 65.2 Å². The average Bonchev–Trinajstić information content (AvgIpc) is 2.63. The van der Waals surface area contributed by atoms with E-state index in [0.29, 0.717) is 12.8 Å². The molecule has 1 aliphatic heterocycles. The van der Waals surface area contributed by atoms with Gasteiger partial charge in [0, 0.05) is 25.2 Å². The van der Waals surface area contributed by atoms with E-state index >= 15 is 0 Å². The van der Waals surface area contributed by atoms with Crippen LogP contribution in [0.15, 0.2) is 48.5 Å². The van der Waals surface area contributed by atoms with Crippen LogP contribution in [0.3, 0.4) is 0 Å². The van der Waals surface area contributed by atoms with Gasteiger partial charge < -0.3 is 4.90 Å². The Morgan fingerprint density at radius 2 is 1.81 bits per heavy atom. The zero-order valence-electron chi connectivity index (χ0n) is 14.9. The SMILES string of the molecule is CCCN1C(=O)CCc2cc(CNS(=O)(=O)Cc3ccccc3)ccc21. The standard InChI is InChI=1S/C20H24N2O3S/c1-2-12-22-19-10-8-17(13-18(19)9-11-20(22)23)14-21-26(24,25)15-16-6-4-3-5-7-16/h3-8,10,13,21H,2,9,11-12,14-15H2,1H3. The lowest BCUT2D eigenvalue weighted by Gasteiger charge is -2.29. The number of amides is 1. The highest BCUT2D eigenvalue weighted by molar-refractivity contribution is 7.88. The maximum atomic E-state index is 12.3. The third-order valence-electron chi connectivity index (χ3n) is 4.49. The maximum Gasteiger partial charge on any atom is 0.227 e. The van der Waals surface area contributed by atoms with Crippen molar-refractivity contribution in [2.45, 2.75) is 38.5 Å². The van der Waals surface area contributed by atoms with Crippen LogP contribution in [-0.4, -0.2) is 20.9 Å². The number of carbonyl (C=O) groups is 1. The second-order valence-electron chi connectivity index (χ2n) is 6.57. The number of nitrogens with zero attached hydrogens (tertiary/aromatic N) is 1. The van der Waals surface area contributed by atoms with Crippen molar-refractivity contribution in [3.8, 4) is 0 Å². The van der Waals surface area contributed by atoms with Gasteiger partial charge in [-0.05, 0) is 35.6 Å². The van der Waals surface area contributed by atoms with Gasteiger partial charge >= 0.3 is 0 Å². The molecule has 1 heterocycles. The largest absolute Gasteiger partial charge is 0.312 e. The molecule has 5 nitrogen and oxygen atoms in total. The van der Waals surface area contributed by atoms with E-state index in [4.69, 9.17) is 0 Å². The van der Waals surface area contributed by atoms with Gasteiger partial charge in [0.2, 0.25) is 15.9 Å². The Balaban J connectivity index is 1.69. The lowest BCUT2D eigenvalue weighted by Crippen LogP contribution is -2.35. The average molecular weight is 372 g/mol. The molecule has 138 valence electrons. The van der Waals surface area contributed by atoms with Crippen molar-refractivity contribution in [2.24, 2.45) is 0 Å². The number of nitrogens with one attached hydrogen (secondary N) is 1. The predicted molar refractivity (Wildman–Crippen MR) is 103 cm³/mol. The van der Waals surface area contributed by atoms with Crippen LogP contribution in [0.5, 0.6) is 0 Å². The first-order valence-corrected chi connectivity index (χ1v) is 10.6. The number of rotatable bonds is 7. The van der Waals surface area contributed by atoms with Crippen LogP contribution in [0.2, 0.25) is 0 Å². The molecule has 0 atom stereocenters. The third kappa shape index (κ3) is 4.51. The number of carbonyl (C=O) groups excluding carboxylic acids is 1. The lowest BCUT2D eigenvalue weighted by atomic mass is 9.98. The molecule has 0 saturated carbocycles. The summed E-state index contributed by atoms with van der Waals surface area (Å²) < 4.78 is 27.2. The Morgan fingerprint density at radius 1 is 1.04 bits per heavy atom. The van der Waals surface area contributed by atoms with Crippen molar-refractivity contribution >= 4 is 21.6 Å². The topological polar surface area (TPSA) is 66.5 Å². The van der Waals surface area contributed by atoms with Crippen LogP contribution < -0.4 is 9.62 Å². The Morgan fingerprint density at radius 3 is 2.54 bits per heavy atom. The molecule has 1 aliphatic rings. The minimum atomic E-state index is -3.40. The van der Waals surface area contributed by atoms with Crippen LogP contribution in [0.1, 0.15) is 36.5 Å². The molecular formula is C20H24N2O3S. The number of hydrogen-bond donors (Lipinski definition) is 1. The number of hydrogen-bond acceptors (Lipinski definition) is 3. The summed E-state index contributed by atoms with van der Waals surface area (Å²) in [5, 5.41) is 0. The summed E-state index contributed by atoms with van der Waals surface area (Å²) in [6.45, 7) is 3.02. The Hall–Kier alpha value is -2.18. The summed E-state index contributed by atoms with van der Waals surface area (Å²) in [5.41, 5.74) is 3.74. The molecule has 0 spiro atoms. The summed E-state index contributed by atoms with van der Waals surface area (Å²) in [5.74, 6) is 0.132. The second-order valence-corrected chi connectivity index (χ2v) is 8.38. The van der Waals surface area contributed by atoms with Crippen LogP contribution >= 0.6 is 0 Å². The summed E-state index contributed by atoms with van der Waals surface area (Å²) in [6, 6.07) is 15.0. The Bertz CT molecular complexity index is 879. The summed E-state index contributed by atoms with van der Waals surface area (Å²) in [6.07, 6.45) is 2.13. The zero-order valence-corrected chi connectivity index (χ0v) is 15.8. The molecule has 0 saturated heterocycles. The fraction of sp³-hybridized carbons (Fsp3) is 0.350. The molecule has 0 fully saturated rings. The molecule has 3 rings (SSSR count). The van der Waals surface area contributed by atoms with Crippen molar-refractivity contribution in [1.29, 1.82) is 0 Å². The van der Waals surface area contributed by atoms with E-state index in [1.165, 1.54) is 0 Å². The van der Waals surface area contributed by atoms with Gasteiger partial charge in [-0.15, -0.1) is 0 Å². The molecule has 1 amide bonds. The zero-order chi connectivity index (χ0) is 18.6. The predicted octanol–water partition coefficient (Wildman–Crippen LogP) is 3.00. The van der Waals surface area contributed by atoms with Gasteiger partial charge in [-0.25, -0.2) is 13.1 Å². The fourth-order valence-electron chi connectivity index (χ4n) is 3.23. The Kier molecular flexibility index (Phi) is 5.74. The van der Waals surface area contributed by atoms with Gasteiger partial charge in [-0.2, -0.15) is 0 Å². The minimum absolute atomic E-state index is 0.0302. The van der Waals surface area contributed by atoms with E-state index < -0.39 is 10.0 Å². The van der Waals surface area contributed by atoms with Crippen LogP contribution in [-0.2, 0) is 33.5 Å². The molecular weight excluding hydrogens is 348 g/mol. The van der Waals surface area contributed by atoms with Gasteiger partial charge in [0.1, 0.15) is 0 Å². The van der Waals surface area contributed by atoms with Crippen molar-refractivity contribution < 1.29 is 13.2 Å². The smallest absolute Gasteiger partial charge is 0.227 e. The minimum Gasteiger partial charge on any atom is -0.312 e. The van der Waals surface area contributed by atoms with E-state index in [1.807, 2.05) is 41.3 Å². The van der Waals surface area contributed by atoms with E-state index in [2.05, 4.69) is 11.6 Å². The second kappa shape index (κ2) is 8.01. The molecule has 0 radical (unpaired) electrons. The van der Waals surface area contributed by atoms with Crippen LogP contribution in [0.25, 0.3) is 0 Å². The van der Waals surface area contributed by atoms with Crippen LogP contribution in [0, 0.1) is 0 Å². The van der Waals surface area contributed by atoms with E-state index in [0.717, 1.165) is 35.3 Å². The normalized spacial score (nSPS) is 14.3. The quantitative estimate of drug-likeness (QED) is 0.812. The van der Waals surface area contributed by atoms with E-state index in [-0.39, 0.29) is 18.2 Å². The molecule has 0 aliphatic carbocycles. The van der Waals surface area contributed by atoms with Gasteiger partial charge in [0.15, 0.2) is 0 Å². The van der Waals surface area contributed by atoms with Gasteiger partial charge in [-0.1, -0.05) is 49.4 Å². The monoisotopic (exact) mass is 372 g/mol. The summed E-state index contributed by atoms with van der Waals surface area (Å²) in [7, 11) is -3.40. The molecule has 0 unspecified atom stereocenters. The molecule has 1 N–H and O–H groups in total. The molecule has 26 heavy (non-hydrogen) atoms. The summed E-state index contributed by atoms with van der Waals surface area (Å²) >= 11 is 0. The first-order chi connectivity index (χ1) is 12.5. The number of fused-ring (bicyclic) bond motifs is 1. The van der Waals surface area contributed by atoms with Gasteiger partial charge in [-0.3, -0.25) is 4.79 Å². The number of sulfonamides is 1. The highest BCUT2D eigenvalue weighted by Gasteiger charge is 2.23. The molecule has 2 aromatic carbocycles. The number of anilines is 1. The molecule has 0 bridgehead atoms. The third-order valence-corrected chi connectivity index (χ3v) is 5.78. The Labute approximate surface area is 155 Å². The lowest BCUT2D eigenvalue weighted by molar-refractivity contribution is -0.118. The van der Waals surface area contributed by atoms with E-state index in [9.17, 15) is 13.2 Å². The molecule has 6 heteroatoms. The maximum absolute atomic E-state index is 12.3. The fourth-order valence-corrected chi connectivity index (χ4v) is 4.35. The van der Waals surface area contributed by atoms with Gasteiger partial charge in [0.05, 0.1) is 5.75 Å². The number of benzene rings is 2. The highest BCUT2D eigenvalue weighted by atomic mass is 32.2. The molecule has 2 aromatic rings. The first kappa shape index (κ1) is 18.6. The highest BCUT2D eigenvalue weighted by Crippen LogP contribution is 2.29. The van der Waals surface area contributed by atoms with Crippen LogP contribution in [0.4, 0.5) is 5.69 Å². The van der Waals surface area contributed by atoms with Crippen molar-refractivity contribution in [1.82, 2.24) is 4.72 Å². The van der Waals surface area contributed by atoms with Gasteiger partial charge in [0.25, 0.3) is 0 Å². The number of aryl methyl sites for hydroxylation is 1. The first-order valence-electron chi connectivity index (χ1n) is 8.92. The molecule has 0 aromatic heterocycles. The van der Waals surface area contributed by atoms with E-state index in [1.54, 1.807) is 12.1 Å². The summed E-state index contributed by atoms with van der Waals surface area (Å²) in [4.78, 5) is 13.9. The van der Waals surface area contributed by atoms with Crippen molar-refractivity contribution in [2.75, 3.05) is 11.4 Å².